The van der Waals surface area contributed by atoms with Crippen LogP contribution >= 0.6 is 0 Å². The SMILES string of the molecule is CCCc1c(O)c(C(C)C)nn1CC(C)C. The molecule has 1 aromatic heterocycles. The summed E-state index contributed by atoms with van der Waals surface area (Å²) in [6.07, 6.45) is 1.94. The zero-order valence-electron chi connectivity index (χ0n) is 11.1. The lowest BCUT2D eigenvalue weighted by atomic mass is 10.1. The van der Waals surface area contributed by atoms with E-state index in [0.717, 1.165) is 30.8 Å². The standard InChI is InChI=1S/C13H24N2O/c1-6-7-11-13(16)12(10(4)5)14-15(11)8-9(2)3/h9-10,16H,6-8H2,1-5H3. The molecule has 92 valence electrons. The maximum atomic E-state index is 10.1. The molecule has 0 aliphatic heterocycles. The molecule has 16 heavy (non-hydrogen) atoms. The van der Waals surface area contributed by atoms with Gasteiger partial charge in [-0.05, 0) is 12.3 Å². The van der Waals surface area contributed by atoms with E-state index >= 15 is 0 Å². The molecule has 0 aliphatic rings. The Morgan fingerprint density at radius 3 is 2.31 bits per heavy atom. The van der Waals surface area contributed by atoms with Gasteiger partial charge in [-0.1, -0.05) is 41.0 Å². The second-order valence-electron chi connectivity index (χ2n) is 5.16. The van der Waals surface area contributed by atoms with Gasteiger partial charge in [-0.25, -0.2) is 0 Å². The summed E-state index contributed by atoms with van der Waals surface area (Å²) < 4.78 is 1.98. The third kappa shape index (κ3) is 2.77. The van der Waals surface area contributed by atoms with Gasteiger partial charge in [-0.15, -0.1) is 0 Å². The van der Waals surface area contributed by atoms with Gasteiger partial charge in [0.15, 0.2) is 5.75 Å². The molecule has 0 radical (unpaired) electrons. The fourth-order valence-electron chi connectivity index (χ4n) is 1.88. The molecule has 1 aromatic rings. The van der Waals surface area contributed by atoms with E-state index < -0.39 is 0 Å². The van der Waals surface area contributed by atoms with Gasteiger partial charge in [-0.2, -0.15) is 5.10 Å². The number of aromatic nitrogens is 2. The zero-order chi connectivity index (χ0) is 12.3. The molecule has 1 rings (SSSR count). The summed E-state index contributed by atoms with van der Waals surface area (Å²) in [6.45, 7) is 11.5. The molecule has 3 nitrogen and oxygen atoms in total. The lowest BCUT2D eigenvalue weighted by Gasteiger charge is -2.08. The summed E-state index contributed by atoms with van der Waals surface area (Å²) in [5, 5.41) is 14.7. The molecule has 0 fully saturated rings. The first-order valence-corrected chi connectivity index (χ1v) is 6.25. The molecule has 1 heterocycles. The number of nitrogens with zero attached hydrogens (tertiary/aromatic N) is 2. The highest BCUT2D eigenvalue weighted by Crippen LogP contribution is 2.29. The quantitative estimate of drug-likeness (QED) is 0.833. The molecule has 0 atom stereocenters. The lowest BCUT2D eigenvalue weighted by molar-refractivity contribution is 0.442. The summed E-state index contributed by atoms with van der Waals surface area (Å²) >= 11 is 0. The Labute approximate surface area is 98.5 Å². The molecule has 0 aromatic carbocycles. The Morgan fingerprint density at radius 2 is 1.88 bits per heavy atom. The second-order valence-corrected chi connectivity index (χ2v) is 5.16. The molecule has 0 aliphatic carbocycles. The Balaban J connectivity index is 3.09. The van der Waals surface area contributed by atoms with E-state index in [2.05, 4.69) is 39.7 Å². The van der Waals surface area contributed by atoms with Gasteiger partial charge in [0.2, 0.25) is 0 Å². The van der Waals surface area contributed by atoms with Crippen molar-refractivity contribution >= 4 is 0 Å². The van der Waals surface area contributed by atoms with Crippen molar-refractivity contribution in [3.05, 3.63) is 11.4 Å². The van der Waals surface area contributed by atoms with E-state index in [1.165, 1.54) is 0 Å². The van der Waals surface area contributed by atoms with Crippen molar-refractivity contribution in [1.82, 2.24) is 9.78 Å². The zero-order valence-corrected chi connectivity index (χ0v) is 11.1. The van der Waals surface area contributed by atoms with E-state index in [0.29, 0.717) is 11.7 Å². The Kier molecular flexibility index (Phi) is 4.39. The average Bonchev–Trinajstić information content (AvgIpc) is 2.46. The smallest absolute Gasteiger partial charge is 0.160 e. The topological polar surface area (TPSA) is 38.1 Å². The highest BCUT2D eigenvalue weighted by molar-refractivity contribution is 5.34. The maximum absolute atomic E-state index is 10.1. The molecule has 1 N–H and O–H groups in total. The number of hydrogen-bond acceptors (Lipinski definition) is 2. The van der Waals surface area contributed by atoms with Crippen molar-refractivity contribution in [3.63, 3.8) is 0 Å². The largest absolute Gasteiger partial charge is 0.504 e. The van der Waals surface area contributed by atoms with Crippen LogP contribution in [0.25, 0.3) is 0 Å². The Morgan fingerprint density at radius 1 is 1.25 bits per heavy atom. The molecule has 0 saturated carbocycles. The Bertz CT molecular complexity index is 340. The summed E-state index contributed by atoms with van der Waals surface area (Å²) in [4.78, 5) is 0. The lowest BCUT2D eigenvalue weighted by Crippen LogP contribution is -2.10. The van der Waals surface area contributed by atoms with Gasteiger partial charge >= 0.3 is 0 Å². The normalized spacial score (nSPS) is 11.7. The van der Waals surface area contributed by atoms with Gasteiger partial charge in [0, 0.05) is 12.5 Å². The van der Waals surface area contributed by atoms with Crippen molar-refractivity contribution in [2.24, 2.45) is 5.92 Å². The third-order valence-electron chi connectivity index (χ3n) is 2.63. The average molecular weight is 224 g/mol. The van der Waals surface area contributed by atoms with E-state index in [-0.39, 0.29) is 5.92 Å². The van der Waals surface area contributed by atoms with Crippen LogP contribution in [0.5, 0.6) is 5.75 Å². The maximum Gasteiger partial charge on any atom is 0.160 e. The second kappa shape index (κ2) is 5.37. The highest BCUT2D eigenvalue weighted by atomic mass is 16.3. The van der Waals surface area contributed by atoms with Crippen LogP contribution in [0.15, 0.2) is 0 Å². The van der Waals surface area contributed by atoms with Crippen molar-refractivity contribution < 1.29 is 5.11 Å². The van der Waals surface area contributed by atoms with E-state index in [1.54, 1.807) is 0 Å². The van der Waals surface area contributed by atoms with Gasteiger partial charge in [0.25, 0.3) is 0 Å². The first kappa shape index (κ1) is 13.1. The van der Waals surface area contributed by atoms with Crippen LogP contribution in [0.2, 0.25) is 0 Å². The molecule has 0 spiro atoms. The van der Waals surface area contributed by atoms with E-state index in [1.807, 2.05) is 4.68 Å². The van der Waals surface area contributed by atoms with Crippen LogP contribution in [0.1, 0.15) is 58.3 Å². The van der Waals surface area contributed by atoms with Gasteiger partial charge < -0.3 is 5.11 Å². The predicted octanol–water partition coefficient (Wildman–Crippen LogP) is 3.32. The fraction of sp³-hybridized carbons (Fsp3) is 0.769. The molecule has 0 bridgehead atoms. The van der Waals surface area contributed by atoms with Gasteiger partial charge in [0.1, 0.15) is 5.69 Å². The van der Waals surface area contributed by atoms with Crippen molar-refractivity contribution in [2.75, 3.05) is 0 Å². The van der Waals surface area contributed by atoms with Gasteiger partial charge in [0.05, 0.1) is 5.69 Å². The third-order valence-corrected chi connectivity index (χ3v) is 2.63. The monoisotopic (exact) mass is 224 g/mol. The minimum Gasteiger partial charge on any atom is -0.504 e. The van der Waals surface area contributed by atoms with Crippen LogP contribution in [-0.4, -0.2) is 14.9 Å². The first-order valence-electron chi connectivity index (χ1n) is 6.25. The summed E-state index contributed by atoms with van der Waals surface area (Å²) in [5.74, 6) is 1.25. The van der Waals surface area contributed by atoms with Crippen molar-refractivity contribution in [3.8, 4) is 5.75 Å². The number of hydrogen-bond donors (Lipinski definition) is 1. The minimum absolute atomic E-state index is 0.281. The van der Waals surface area contributed by atoms with E-state index in [4.69, 9.17) is 0 Å². The van der Waals surface area contributed by atoms with Gasteiger partial charge in [-0.3, -0.25) is 4.68 Å². The van der Waals surface area contributed by atoms with Crippen molar-refractivity contribution in [1.29, 1.82) is 0 Å². The molecule has 0 unspecified atom stereocenters. The Hall–Kier alpha value is -0.990. The van der Waals surface area contributed by atoms with Crippen LogP contribution in [0, 0.1) is 5.92 Å². The molecule has 0 saturated heterocycles. The van der Waals surface area contributed by atoms with Crippen molar-refractivity contribution in [2.45, 2.75) is 59.9 Å². The first-order chi connectivity index (χ1) is 7.47. The van der Waals surface area contributed by atoms with Crippen LogP contribution in [-0.2, 0) is 13.0 Å². The van der Waals surface area contributed by atoms with Crippen LogP contribution < -0.4 is 0 Å². The van der Waals surface area contributed by atoms with Crippen LogP contribution in [0.3, 0.4) is 0 Å². The molecular formula is C13H24N2O. The highest BCUT2D eigenvalue weighted by Gasteiger charge is 2.18. The summed E-state index contributed by atoms with van der Waals surface area (Å²) in [7, 11) is 0. The molecule has 3 heteroatoms. The summed E-state index contributed by atoms with van der Waals surface area (Å²) in [6, 6.07) is 0. The van der Waals surface area contributed by atoms with Crippen LogP contribution in [0.4, 0.5) is 0 Å². The molecular weight excluding hydrogens is 200 g/mol. The fourth-order valence-corrected chi connectivity index (χ4v) is 1.88. The number of rotatable bonds is 5. The van der Waals surface area contributed by atoms with E-state index in [9.17, 15) is 5.11 Å². The number of aromatic hydroxyl groups is 1. The summed E-state index contributed by atoms with van der Waals surface area (Å²) in [5.41, 5.74) is 1.84. The minimum atomic E-state index is 0.281. The molecule has 0 amide bonds. The predicted molar refractivity (Wildman–Crippen MR) is 66.8 cm³/mol.